The van der Waals surface area contributed by atoms with Gasteiger partial charge in [0.05, 0.1) is 0 Å². The predicted molar refractivity (Wildman–Crippen MR) is 73.6 cm³/mol. The van der Waals surface area contributed by atoms with Crippen LogP contribution in [0.2, 0.25) is 5.15 Å². The Morgan fingerprint density at radius 3 is 2.53 bits per heavy atom. The van der Waals surface area contributed by atoms with Gasteiger partial charge in [0.1, 0.15) is 4.88 Å². The van der Waals surface area contributed by atoms with E-state index in [0.717, 1.165) is 37.5 Å². The zero-order valence-electron chi connectivity index (χ0n) is 10.4. The second kappa shape index (κ2) is 6.93. The van der Waals surface area contributed by atoms with Crippen LogP contribution in [0.5, 0.6) is 0 Å². The van der Waals surface area contributed by atoms with Gasteiger partial charge >= 0.3 is 0 Å². The van der Waals surface area contributed by atoms with Crippen LogP contribution in [0.4, 0.5) is 5.13 Å². The van der Waals surface area contributed by atoms with Crippen molar-refractivity contribution in [3.63, 3.8) is 0 Å². The van der Waals surface area contributed by atoms with Crippen LogP contribution in [-0.4, -0.2) is 49.9 Å². The predicted octanol–water partition coefficient (Wildman–Crippen LogP) is 2.39. The van der Waals surface area contributed by atoms with Crippen LogP contribution in [0.15, 0.2) is 0 Å². The molecule has 6 heteroatoms. The van der Waals surface area contributed by atoms with E-state index in [4.69, 9.17) is 11.6 Å². The highest BCUT2D eigenvalue weighted by molar-refractivity contribution is 7.17. The van der Waals surface area contributed by atoms with Gasteiger partial charge in [0.15, 0.2) is 16.6 Å². The summed E-state index contributed by atoms with van der Waals surface area (Å²) < 4.78 is 0. The molecule has 4 nitrogen and oxygen atoms in total. The zero-order chi connectivity index (χ0) is 12.8. The Kier molecular flexibility index (Phi) is 5.88. The maximum atomic E-state index is 10.7. The minimum absolute atomic E-state index is 0.311. The molecule has 0 aromatic carbocycles. The van der Waals surface area contributed by atoms with Crippen molar-refractivity contribution in [2.45, 2.75) is 13.3 Å². The molecule has 0 spiro atoms. The molecule has 17 heavy (non-hydrogen) atoms. The highest BCUT2D eigenvalue weighted by atomic mass is 35.5. The molecule has 0 N–H and O–H groups in total. The molecule has 0 aliphatic carbocycles. The monoisotopic (exact) mass is 275 g/mol. The summed E-state index contributed by atoms with van der Waals surface area (Å²) in [5.41, 5.74) is 0. The molecule has 0 fully saturated rings. The number of carbonyl (C=O) groups is 1. The first-order chi connectivity index (χ1) is 8.08. The van der Waals surface area contributed by atoms with Crippen LogP contribution in [0, 0.1) is 0 Å². The van der Waals surface area contributed by atoms with Gasteiger partial charge in [-0.25, -0.2) is 4.98 Å². The molecule has 1 heterocycles. The van der Waals surface area contributed by atoms with Crippen molar-refractivity contribution >= 4 is 34.4 Å². The van der Waals surface area contributed by atoms with E-state index in [1.807, 2.05) is 14.1 Å². The third kappa shape index (κ3) is 4.26. The third-order valence-electron chi connectivity index (χ3n) is 2.29. The summed E-state index contributed by atoms with van der Waals surface area (Å²) >= 11 is 7.24. The molecule has 1 rings (SSSR count). The first kappa shape index (κ1) is 14.4. The molecular formula is C11H18ClN3OS. The Balaban J connectivity index is 2.77. The van der Waals surface area contributed by atoms with Crippen LogP contribution in [0.1, 0.15) is 23.0 Å². The first-order valence-electron chi connectivity index (χ1n) is 5.59. The Morgan fingerprint density at radius 2 is 2.06 bits per heavy atom. The molecule has 0 radical (unpaired) electrons. The van der Waals surface area contributed by atoms with Gasteiger partial charge in [0, 0.05) is 19.6 Å². The molecule has 0 aliphatic rings. The van der Waals surface area contributed by atoms with Crippen molar-refractivity contribution in [1.82, 2.24) is 9.88 Å². The number of aldehydes is 1. The molecule has 96 valence electrons. The molecule has 0 bridgehead atoms. The van der Waals surface area contributed by atoms with Gasteiger partial charge in [-0.3, -0.25) is 4.79 Å². The molecule has 0 unspecified atom stereocenters. The summed E-state index contributed by atoms with van der Waals surface area (Å²) in [7, 11) is 4.08. The van der Waals surface area contributed by atoms with Gasteiger partial charge in [-0.1, -0.05) is 29.9 Å². The molecule has 1 aromatic heterocycles. The second-order valence-corrected chi connectivity index (χ2v) is 5.43. The van der Waals surface area contributed by atoms with Crippen LogP contribution in [0.3, 0.4) is 0 Å². The van der Waals surface area contributed by atoms with Crippen molar-refractivity contribution in [3.8, 4) is 0 Å². The third-order valence-corrected chi connectivity index (χ3v) is 3.73. The number of thiazole rings is 1. The van der Waals surface area contributed by atoms with E-state index >= 15 is 0 Å². The summed E-state index contributed by atoms with van der Waals surface area (Å²) in [5.74, 6) is 0. The lowest BCUT2D eigenvalue weighted by molar-refractivity contribution is 0.112. The molecular weight excluding hydrogens is 258 g/mol. The van der Waals surface area contributed by atoms with Crippen molar-refractivity contribution in [2.24, 2.45) is 0 Å². The SMILES string of the molecule is CCCN(CCN(C)C)c1nc(Cl)c(C=O)s1. The fraction of sp³-hybridized carbons (Fsp3) is 0.636. The van der Waals surface area contributed by atoms with Crippen molar-refractivity contribution < 1.29 is 4.79 Å². The number of carbonyl (C=O) groups excluding carboxylic acids is 1. The van der Waals surface area contributed by atoms with Crippen LogP contribution in [0.25, 0.3) is 0 Å². The maximum absolute atomic E-state index is 10.7. The number of halogens is 1. The number of hydrogen-bond donors (Lipinski definition) is 0. The Bertz CT molecular complexity index is 368. The quantitative estimate of drug-likeness (QED) is 0.716. The van der Waals surface area contributed by atoms with E-state index in [-0.39, 0.29) is 0 Å². The molecule has 1 aromatic rings. The van der Waals surface area contributed by atoms with Gasteiger partial charge < -0.3 is 9.80 Å². The number of likely N-dealkylation sites (N-methyl/N-ethyl adjacent to an activating group) is 1. The molecule has 0 saturated heterocycles. The summed E-state index contributed by atoms with van der Waals surface area (Å²) in [6.07, 6.45) is 1.81. The molecule has 0 saturated carbocycles. The van der Waals surface area contributed by atoms with Gasteiger partial charge in [-0.15, -0.1) is 0 Å². The second-order valence-electron chi connectivity index (χ2n) is 4.06. The van der Waals surface area contributed by atoms with Gasteiger partial charge in [-0.05, 0) is 20.5 Å². The lowest BCUT2D eigenvalue weighted by Gasteiger charge is -2.22. The Morgan fingerprint density at radius 1 is 1.35 bits per heavy atom. The van der Waals surface area contributed by atoms with Crippen LogP contribution in [-0.2, 0) is 0 Å². The molecule has 0 amide bonds. The molecule has 0 aliphatic heterocycles. The largest absolute Gasteiger partial charge is 0.347 e. The highest BCUT2D eigenvalue weighted by Crippen LogP contribution is 2.28. The summed E-state index contributed by atoms with van der Waals surface area (Å²) in [4.78, 5) is 19.8. The smallest absolute Gasteiger partial charge is 0.187 e. The Labute approximate surface area is 111 Å². The van der Waals surface area contributed by atoms with Gasteiger partial charge in [0.2, 0.25) is 0 Å². The van der Waals surface area contributed by atoms with E-state index in [2.05, 4.69) is 21.7 Å². The Hall–Kier alpha value is -0.650. The van der Waals surface area contributed by atoms with Crippen molar-refractivity contribution in [3.05, 3.63) is 10.0 Å². The average molecular weight is 276 g/mol. The van der Waals surface area contributed by atoms with Gasteiger partial charge in [0.25, 0.3) is 0 Å². The van der Waals surface area contributed by atoms with Crippen molar-refractivity contribution in [2.75, 3.05) is 38.6 Å². The minimum atomic E-state index is 0.311. The van der Waals surface area contributed by atoms with E-state index in [9.17, 15) is 4.79 Å². The van der Waals surface area contributed by atoms with E-state index in [1.54, 1.807) is 0 Å². The average Bonchev–Trinajstić information content (AvgIpc) is 2.65. The lowest BCUT2D eigenvalue weighted by atomic mass is 10.4. The molecule has 0 atom stereocenters. The summed E-state index contributed by atoms with van der Waals surface area (Å²) in [5, 5.41) is 1.15. The normalized spacial score (nSPS) is 10.9. The van der Waals surface area contributed by atoms with Crippen LogP contribution >= 0.6 is 22.9 Å². The van der Waals surface area contributed by atoms with E-state index < -0.39 is 0 Å². The number of nitrogens with zero attached hydrogens (tertiary/aromatic N) is 3. The summed E-state index contributed by atoms with van der Waals surface area (Å²) in [6.45, 7) is 4.89. The lowest BCUT2D eigenvalue weighted by Crippen LogP contribution is -2.32. The standard InChI is InChI=1S/C11H18ClN3OS/c1-4-5-15(7-6-14(2)3)11-13-10(12)9(8-16)17-11/h8H,4-7H2,1-3H3. The summed E-state index contributed by atoms with van der Waals surface area (Å²) in [6, 6.07) is 0. The van der Waals surface area contributed by atoms with Gasteiger partial charge in [-0.2, -0.15) is 0 Å². The fourth-order valence-electron chi connectivity index (χ4n) is 1.40. The fourth-order valence-corrected chi connectivity index (χ4v) is 2.52. The zero-order valence-corrected chi connectivity index (χ0v) is 12.0. The number of hydrogen-bond acceptors (Lipinski definition) is 5. The van der Waals surface area contributed by atoms with Crippen molar-refractivity contribution in [1.29, 1.82) is 0 Å². The maximum Gasteiger partial charge on any atom is 0.187 e. The first-order valence-corrected chi connectivity index (χ1v) is 6.79. The number of aromatic nitrogens is 1. The van der Waals surface area contributed by atoms with Crippen LogP contribution < -0.4 is 4.90 Å². The van der Waals surface area contributed by atoms with E-state index in [0.29, 0.717) is 10.0 Å². The highest BCUT2D eigenvalue weighted by Gasteiger charge is 2.14. The number of anilines is 1. The minimum Gasteiger partial charge on any atom is -0.347 e. The topological polar surface area (TPSA) is 36.4 Å². The number of rotatable bonds is 7. The van der Waals surface area contributed by atoms with E-state index in [1.165, 1.54) is 11.3 Å².